The number of carbonyl (C=O) groups is 1. The zero-order valence-electron chi connectivity index (χ0n) is 17.1. The van der Waals surface area contributed by atoms with Crippen LogP contribution in [0.4, 0.5) is 5.82 Å². The maximum atomic E-state index is 13.0. The molecule has 2 aliphatic heterocycles. The molecule has 4 heterocycles. The van der Waals surface area contributed by atoms with E-state index in [1.54, 1.807) is 30.7 Å². The fraction of sp³-hybridized carbons (Fsp3) is 0.318. The summed E-state index contributed by atoms with van der Waals surface area (Å²) >= 11 is 0. The van der Waals surface area contributed by atoms with Gasteiger partial charge in [0.15, 0.2) is 0 Å². The summed E-state index contributed by atoms with van der Waals surface area (Å²) in [5.74, 6) is 1.42. The van der Waals surface area contributed by atoms with Gasteiger partial charge in [-0.3, -0.25) is 9.78 Å². The summed E-state index contributed by atoms with van der Waals surface area (Å²) in [7, 11) is 2.14. The van der Waals surface area contributed by atoms with Crippen molar-refractivity contribution in [3.05, 3.63) is 78.0 Å². The predicted molar refractivity (Wildman–Crippen MR) is 116 cm³/mol. The second-order valence-corrected chi connectivity index (χ2v) is 7.43. The summed E-state index contributed by atoms with van der Waals surface area (Å²) in [6.45, 7) is 4.56. The molecular weight excluding hydrogens is 378 g/mol. The molecule has 0 spiro atoms. The maximum Gasteiger partial charge on any atom is 0.256 e. The summed E-state index contributed by atoms with van der Waals surface area (Å²) in [6.07, 6.45) is 10.9. The Labute approximate surface area is 176 Å². The van der Waals surface area contributed by atoms with E-state index in [0.29, 0.717) is 17.9 Å². The number of piperazine rings is 1. The lowest BCUT2D eigenvalue weighted by molar-refractivity contribution is 0.0936. The van der Waals surface area contributed by atoms with Crippen LogP contribution >= 0.6 is 0 Å². The van der Waals surface area contributed by atoms with E-state index < -0.39 is 0 Å². The zero-order chi connectivity index (χ0) is 20.8. The molecule has 3 N–H and O–H groups in total. The van der Waals surface area contributed by atoms with Crippen molar-refractivity contribution in [3.8, 4) is 0 Å². The van der Waals surface area contributed by atoms with Gasteiger partial charge in [-0.2, -0.15) is 0 Å². The Morgan fingerprint density at radius 1 is 1.17 bits per heavy atom. The summed E-state index contributed by atoms with van der Waals surface area (Å²) in [5.41, 5.74) is 1.58. The van der Waals surface area contributed by atoms with Gasteiger partial charge in [-0.25, -0.2) is 4.98 Å². The Morgan fingerprint density at radius 3 is 2.77 bits per heavy atom. The molecule has 2 aromatic rings. The number of amides is 1. The molecule has 30 heavy (non-hydrogen) atoms. The van der Waals surface area contributed by atoms with Crippen molar-refractivity contribution in [3.63, 3.8) is 0 Å². The van der Waals surface area contributed by atoms with Crippen molar-refractivity contribution in [2.45, 2.75) is 12.7 Å². The minimum Gasteiger partial charge on any atom is -0.365 e. The molecule has 4 rings (SSSR count). The maximum absolute atomic E-state index is 13.0. The fourth-order valence-corrected chi connectivity index (χ4v) is 3.48. The minimum absolute atomic E-state index is 0.179. The zero-order valence-corrected chi connectivity index (χ0v) is 17.1. The van der Waals surface area contributed by atoms with Crippen LogP contribution in [-0.2, 0) is 6.54 Å². The van der Waals surface area contributed by atoms with Crippen LogP contribution < -0.4 is 16.0 Å². The summed E-state index contributed by atoms with van der Waals surface area (Å²) < 4.78 is 0. The lowest BCUT2D eigenvalue weighted by atomic mass is 10.2. The van der Waals surface area contributed by atoms with Gasteiger partial charge in [-0.05, 0) is 49.0 Å². The van der Waals surface area contributed by atoms with Crippen molar-refractivity contribution in [2.24, 2.45) is 0 Å². The number of carbonyl (C=O) groups excluding carboxylic acids is 1. The van der Waals surface area contributed by atoms with Crippen LogP contribution in [0.1, 0.15) is 15.9 Å². The van der Waals surface area contributed by atoms with Gasteiger partial charge in [0, 0.05) is 51.3 Å². The normalized spacial score (nSPS) is 19.0. The quantitative estimate of drug-likeness (QED) is 0.670. The van der Waals surface area contributed by atoms with E-state index in [1.807, 2.05) is 24.3 Å². The van der Waals surface area contributed by atoms with Crippen molar-refractivity contribution in [1.29, 1.82) is 0 Å². The molecule has 1 atom stereocenters. The molecule has 156 valence electrons. The van der Waals surface area contributed by atoms with Crippen LogP contribution in [0.15, 0.2) is 66.9 Å². The molecule has 0 saturated carbocycles. The van der Waals surface area contributed by atoms with Gasteiger partial charge < -0.3 is 25.8 Å². The molecule has 0 radical (unpaired) electrons. The van der Waals surface area contributed by atoms with Gasteiger partial charge in [0.05, 0.1) is 5.56 Å². The second-order valence-electron chi connectivity index (χ2n) is 7.43. The lowest BCUT2D eigenvalue weighted by Gasteiger charge is -2.37. The van der Waals surface area contributed by atoms with E-state index in [4.69, 9.17) is 0 Å². The van der Waals surface area contributed by atoms with Crippen LogP contribution in [0.5, 0.6) is 0 Å². The van der Waals surface area contributed by atoms with E-state index in [9.17, 15) is 4.79 Å². The number of rotatable bonds is 6. The van der Waals surface area contributed by atoms with Crippen molar-refractivity contribution < 1.29 is 4.79 Å². The molecule has 2 aliphatic rings. The van der Waals surface area contributed by atoms with E-state index in [2.05, 4.69) is 48.8 Å². The first-order valence-electron chi connectivity index (χ1n) is 10.2. The molecule has 1 unspecified atom stereocenters. The average molecular weight is 406 g/mol. The highest BCUT2D eigenvalue weighted by Crippen LogP contribution is 2.15. The number of pyridine rings is 2. The van der Waals surface area contributed by atoms with E-state index >= 15 is 0 Å². The number of nitrogens with zero attached hydrogens (tertiary/aromatic N) is 4. The lowest BCUT2D eigenvalue weighted by Crippen LogP contribution is -2.52. The van der Waals surface area contributed by atoms with E-state index in [-0.39, 0.29) is 12.1 Å². The number of nitrogens with one attached hydrogen (secondary N) is 3. The third-order valence-electron chi connectivity index (χ3n) is 5.25. The van der Waals surface area contributed by atoms with Crippen molar-refractivity contribution in [1.82, 2.24) is 30.4 Å². The largest absolute Gasteiger partial charge is 0.365 e. The number of aromatic nitrogens is 2. The molecular formula is C22H27N7O. The van der Waals surface area contributed by atoms with Gasteiger partial charge in [-0.15, -0.1) is 0 Å². The van der Waals surface area contributed by atoms with Crippen LogP contribution in [0.25, 0.3) is 0 Å². The van der Waals surface area contributed by atoms with Crippen LogP contribution in [0.3, 0.4) is 0 Å². The number of hydrogen-bond acceptors (Lipinski definition) is 7. The second kappa shape index (κ2) is 9.41. The summed E-state index contributed by atoms with van der Waals surface area (Å²) in [6, 6.07) is 7.41. The first kappa shape index (κ1) is 19.9. The molecule has 8 nitrogen and oxygen atoms in total. The number of dihydropyridines is 1. The molecule has 1 fully saturated rings. The smallest absolute Gasteiger partial charge is 0.256 e. The monoisotopic (exact) mass is 405 g/mol. The number of likely N-dealkylation sites (N-methyl/N-ethyl adjacent to an activating group) is 1. The molecule has 1 amide bonds. The van der Waals surface area contributed by atoms with Gasteiger partial charge in [0.25, 0.3) is 5.91 Å². The SMILES string of the molecule is CN1CCN(C2=CC=CC(NC(=O)c3cccnc3NCc3ccncc3)N2)CC1. The molecule has 2 aromatic heterocycles. The molecule has 0 aliphatic carbocycles. The highest BCUT2D eigenvalue weighted by molar-refractivity contribution is 5.99. The molecule has 0 aromatic carbocycles. The highest BCUT2D eigenvalue weighted by atomic mass is 16.1. The van der Waals surface area contributed by atoms with Gasteiger partial charge in [-0.1, -0.05) is 6.08 Å². The van der Waals surface area contributed by atoms with Crippen LogP contribution in [0, 0.1) is 0 Å². The van der Waals surface area contributed by atoms with Crippen molar-refractivity contribution in [2.75, 3.05) is 38.5 Å². The predicted octanol–water partition coefficient (Wildman–Crippen LogP) is 1.39. The number of allylic oxidation sites excluding steroid dienone is 2. The first-order chi connectivity index (χ1) is 14.7. The standard InChI is InChI=1S/C22H27N7O/c1-28-12-14-29(15-13-28)20-6-2-5-19(26-20)27-22(30)18-4-3-9-24-21(18)25-16-17-7-10-23-11-8-17/h2-11,19,26H,12-16H2,1H3,(H,24,25)(H,27,30). The Bertz CT molecular complexity index is 920. The van der Waals surface area contributed by atoms with Crippen molar-refractivity contribution >= 4 is 11.7 Å². The highest BCUT2D eigenvalue weighted by Gasteiger charge is 2.21. The van der Waals surface area contributed by atoms with E-state index in [0.717, 1.165) is 37.6 Å². The van der Waals surface area contributed by atoms with Gasteiger partial charge in [0.2, 0.25) is 0 Å². The summed E-state index contributed by atoms with van der Waals surface area (Å²) in [5, 5.41) is 9.71. The minimum atomic E-state index is -0.273. The molecule has 8 heteroatoms. The number of hydrogen-bond donors (Lipinski definition) is 3. The Morgan fingerprint density at radius 2 is 1.97 bits per heavy atom. The Balaban J connectivity index is 1.37. The Kier molecular flexibility index (Phi) is 6.24. The third-order valence-corrected chi connectivity index (χ3v) is 5.25. The van der Waals surface area contributed by atoms with E-state index in [1.165, 1.54) is 0 Å². The number of anilines is 1. The first-order valence-corrected chi connectivity index (χ1v) is 10.2. The van der Waals surface area contributed by atoms with Gasteiger partial charge in [0.1, 0.15) is 17.8 Å². The fourth-order valence-electron chi connectivity index (χ4n) is 3.48. The van der Waals surface area contributed by atoms with Gasteiger partial charge >= 0.3 is 0 Å². The average Bonchev–Trinajstić information content (AvgIpc) is 2.79. The Hall–Kier alpha value is -3.39. The molecule has 0 bridgehead atoms. The third kappa shape index (κ3) is 4.96. The summed E-state index contributed by atoms with van der Waals surface area (Å²) in [4.78, 5) is 26.0. The van der Waals surface area contributed by atoms with Crippen LogP contribution in [0.2, 0.25) is 0 Å². The topological polar surface area (TPSA) is 85.4 Å². The molecule has 1 saturated heterocycles. The van der Waals surface area contributed by atoms with Crippen LogP contribution in [-0.4, -0.2) is 65.1 Å².